The van der Waals surface area contributed by atoms with Crippen LogP contribution in [0.3, 0.4) is 0 Å². The molecule has 0 aliphatic carbocycles. The van der Waals surface area contributed by atoms with Crippen LogP contribution >= 0.6 is 0 Å². The van der Waals surface area contributed by atoms with Gasteiger partial charge < -0.3 is 22.1 Å². The summed E-state index contributed by atoms with van der Waals surface area (Å²) < 4.78 is 1.70. The number of nitrogens with one attached hydrogen (secondary N) is 2. The van der Waals surface area contributed by atoms with Crippen molar-refractivity contribution in [2.75, 3.05) is 10.6 Å². The minimum atomic E-state index is -0.688. The van der Waals surface area contributed by atoms with Crippen molar-refractivity contribution in [2.45, 2.75) is 40.2 Å². The van der Waals surface area contributed by atoms with Crippen molar-refractivity contribution >= 4 is 34.7 Å². The number of hydrogen-bond donors (Lipinski definition) is 4. The van der Waals surface area contributed by atoms with Crippen molar-refractivity contribution in [2.24, 2.45) is 17.4 Å². The monoisotopic (exact) mass is 410 g/mol. The van der Waals surface area contributed by atoms with Crippen LogP contribution in [0, 0.1) is 19.8 Å². The van der Waals surface area contributed by atoms with Crippen LogP contribution in [0.2, 0.25) is 0 Å². The number of aromatic nitrogens is 4. The van der Waals surface area contributed by atoms with Gasteiger partial charge in [0.1, 0.15) is 6.04 Å². The van der Waals surface area contributed by atoms with E-state index in [0.29, 0.717) is 29.3 Å². The molecule has 0 bridgehead atoms. The lowest BCUT2D eigenvalue weighted by Crippen LogP contribution is -2.36. The molecule has 0 radical (unpaired) electrons. The highest BCUT2D eigenvalue weighted by Crippen LogP contribution is 2.24. The first-order valence-electron chi connectivity index (χ1n) is 9.60. The number of amides is 2. The van der Waals surface area contributed by atoms with E-state index in [0.717, 1.165) is 11.4 Å². The number of aryl methyl sites for hydroxylation is 2. The molecule has 0 spiro atoms. The number of nitrogens with zero attached hydrogens (tertiary/aromatic N) is 4. The van der Waals surface area contributed by atoms with Crippen LogP contribution in [-0.2, 0) is 4.79 Å². The molecule has 10 nitrogen and oxygen atoms in total. The molecule has 0 fully saturated rings. The van der Waals surface area contributed by atoms with Gasteiger partial charge in [0.15, 0.2) is 17.2 Å². The largest absolute Gasteiger partial charge is 0.372 e. The number of hydrogen-bond acceptors (Lipinski definition) is 7. The lowest BCUT2D eigenvalue weighted by Gasteiger charge is -2.19. The van der Waals surface area contributed by atoms with Gasteiger partial charge in [0.05, 0.1) is 17.6 Å². The molecule has 30 heavy (non-hydrogen) atoms. The molecule has 6 N–H and O–H groups in total. The number of carbonyl (C=O) groups is 2. The van der Waals surface area contributed by atoms with Gasteiger partial charge in [0.2, 0.25) is 5.91 Å². The third-order valence-electron chi connectivity index (χ3n) is 4.51. The standard InChI is InChI=1S/C20H26N8O2/c1-10(2)5-15(19(21)29)25-13-7-14(18(20(22)30)23-9-13)26-16-8-17-24-11(3)6-12(4)28(17)27-16/h6-10,15,25H,5H2,1-4H3,(H2,21,29)(H2,22,30)(H,26,27). The summed E-state index contributed by atoms with van der Waals surface area (Å²) in [5.41, 5.74) is 14.4. The van der Waals surface area contributed by atoms with Crippen LogP contribution in [-0.4, -0.2) is 37.4 Å². The molecule has 0 aliphatic heterocycles. The summed E-state index contributed by atoms with van der Waals surface area (Å²) in [4.78, 5) is 32.2. The Kier molecular flexibility index (Phi) is 5.86. The Morgan fingerprint density at radius 1 is 1.17 bits per heavy atom. The second kappa shape index (κ2) is 8.36. The first kappa shape index (κ1) is 21.0. The summed E-state index contributed by atoms with van der Waals surface area (Å²) >= 11 is 0. The van der Waals surface area contributed by atoms with E-state index in [2.05, 4.69) is 25.7 Å². The van der Waals surface area contributed by atoms with Gasteiger partial charge in [-0.3, -0.25) is 9.59 Å². The zero-order valence-electron chi connectivity index (χ0n) is 17.4. The highest BCUT2D eigenvalue weighted by molar-refractivity contribution is 5.97. The Bertz CT molecular complexity index is 1110. The Morgan fingerprint density at radius 3 is 2.53 bits per heavy atom. The molecule has 3 heterocycles. The average Bonchev–Trinajstić information content (AvgIpc) is 3.03. The number of primary amides is 2. The third-order valence-corrected chi connectivity index (χ3v) is 4.51. The lowest BCUT2D eigenvalue weighted by molar-refractivity contribution is -0.119. The molecule has 3 aromatic heterocycles. The van der Waals surface area contributed by atoms with Crippen molar-refractivity contribution in [1.29, 1.82) is 0 Å². The molecule has 1 atom stereocenters. The Morgan fingerprint density at radius 2 is 1.90 bits per heavy atom. The summed E-state index contributed by atoms with van der Waals surface area (Å²) in [5.74, 6) is -0.407. The van der Waals surface area contributed by atoms with E-state index < -0.39 is 17.9 Å². The summed E-state index contributed by atoms with van der Waals surface area (Å²) in [6.45, 7) is 7.84. The molecular formula is C20H26N8O2. The minimum Gasteiger partial charge on any atom is -0.372 e. The lowest BCUT2D eigenvalue weighted by atomic mass is 10.0. The first-order valence-corrected chi connectivity index (χ1v) is 9.60. The Hall–Kier alpha value is -3.69. The Labute approximate surface area is 174 Å². The van der Waals surface area contributed by atoms with E-state index in [4.69, 9.17) is 11.5 Å². The maximum Gasteiger partial charge on any atom is 0.269 e. The fraction of sp³-hybridized carbons (Fsp3) is 0.350. The number of fused-ring (bicyclic) bond motifs is 1. The topological polar surface area (TPSA) is 153 Å². The van der Waals surface area contributed by atoms with E-state index in [1.165, 1.54) is 6.20 Å². The van der Waals surface area contributed by atoms with Gasteiger partial charge in [-0.2, -0.15) is 0 Å². The third kappa shape index (κ3) is 4.65. The number of rotatable bonds is 8. The number of nitrogens with two attached hydrogens (primary N) is 2. The predicted octanol–water partition coefficient (Wildman–Crippen LogP) is 1.90. The summed E-state index contributed by atoms with van der Waals surface area (Å²) in [6.07, 6.45) is 2.01. The average molecular weight is 410 g/mol. The molecule has 0 saturated carbocycles. The van der Waals surface area contributed by atoms with Gasteiger partial charge in [0, 0.05) is 17.5 Å². The van der Waals surface area contributed by atoms with E-state index in [-0.39, 0.29) is 11.6 Å². The molecule has 0 aliphatic rings. The van der Waals surface area contributed by atoms with Crippen LogP contribution < -0.4 is 22.1 Å². The smallest absolute Gasteiger partial charge is 0.269 e. The van der Waals surface area contributed by atoms with Crippen LogP contribution in [0.25, 0.3) is 5.65 Å². The number of anilines is 3. The number of carbonyl (C=O) groups excluding carboxylic acids is 2. The normalized spacial score (nSPS) is 12.2. The van der Waals surface area contributed by atoms with Gasteiger partial charge in [-0.25, -0.2) is 14.5 Å². The van der Waals surface area contributed by atoms with Crippen molar-refractivity contribution in [1.82, 2.24) is 19.6 Å². The fourth-order valence-corrected chi connectivity index (χ4v) is 3.24. The highest BCUT2D eigenvalue weighted by Gasteiger charge is 2.19. The molecule has 158 valence electrons. The quantitative estimate of drug-likeness (QED) is 0.442. The van der Waals surface area contributed by atoms with E-state index in [9.17, 15) is 9.59 Å². The molecule has 0 aromatic carbocycles. The second-order valence-electron chi connectivity index (χ2n) is 7.68. The van der Waals surface area contributed by atoms with E-state index >= 15 is 0 Å². The molecular weight excluding hydrogens is 384 g/mol. The van der Waals surface area contributed by atoms with Gasteiger partial charge in [-0.05, 0) is 38.3 Å². The molecule has 2 amide bonds. The van der Waals surface area contributed by atoms with Gasteiger partial charge in [-0.1, -0.05) is 13.8 Å². The van der Waals surface area contributed by atoms with E-state index in [1.807, 2.05) is 33.8 Å². The van der Waals surface area contributed by atoms with Crippen molar-refractivity contribution in [3.05, 3.63) is 41.5 Å². The summed E-state index contributed by atoms with van der Waals surface area (Å²) in [6, 6.07) is 4.77. The first-order chi connectivity index (χ1) is 14.1. The van der Waals surface area contributed by atoms with E-state index in [1.54, 1.807) is 16.6 Å². The summed E-state index contributed by atoms with van der Waals surface area (Å²) in [7, 11) is 0. The van der Waals surface area contributed by atoms with Gasteiger partial charge in [-0.15, -0.1) is 5.10 Å². The number of pyridine rings is 1. The zero-order chi connectivity index (χ0) is 22.0. The van der Waals surface area contributed by atoms with Crippen molar-refractivity contribution in [3.8, 4) is 0 Å². The maximum absolute atomic E-state index is 11.9. The zero-order valence-corrected chi connectivity index (χ0v) is 17.4. The van der Waals surface area contributed by atoms with Crippen molar-refractivity contribution < 1.29 is 9.59 Å². The second-order valence-corrected chi connectivity index (χ2v) is 7.68. The predicted molar refractivity (Wildman–Crippen MR) is 115 cm³/mol. The highest BCUT2D eigenvalue weighted by atomic mass is 16.1. The van der Waals surface area contributed by atoms with Crippen LogP contribution in [0.4, 0.5) is 17.2 Å². The summed E-state index contributed by atoms with van der Waals surface area (Å²) in [5, 5.41) is 10.6. The molecule has 0 saturated heterocycles. The van der Waals surface area contributed by atoms with Gasteiger partial charge in [0.25, 0.3) is 5.91 Å². The van der Waals surface area contributed by atoms with Crippen LogP contribution in [0.5, 0.6) is 0 Å². The van der Waals surface area contributed by atoms with Gasteiger partial charge >= 0.3 is 0 Å². The van der Waals surface area contributed by atoms with Crippen LogP contribution in [0.1, 0.15) is 42.1 Å². The molecule has 1 unspecified atom stereocenters. The SMILES string of the molecule is Cc1cc(C)n2nc(Nc3cc(NC(CC(C)C)C(N)=O)cnc3C(N)=O)cc2n1. The fourth-order valence-electron chi connectivity index (χ4n) is 3.24. The molecule has 10 heteroatoms. The molecule has 3 rings (SSSR count). The maximum atomic E-state index is 11.9. The van der Waals surface area contributed by atoms with Crippen molar-refractivity contribution in [3.63, 3.8) is 0 Å². The minimum absolute atomic E-state index is 0.0537. The molecule has 3 aromatic rings. The Balaban J connectivity index is 1.94. The van der Waals surface area contributed by atoms with Crippen LogP contribution in [0.15, 0.2) is 24.4 Å².